The van der Waals surface area contributed by atoms with Gasteiger partial charge in [0.25, 0.3) is 10.0 Å². The molecule has 0 aliphatic carbocycles. The second-order valence-corrected chi connectivity index (χ2v) is 11.4. The van der Waals surface area contributed by atoms with Crippen molar-refractivity contribution in [2.75, 3.05) is 32.5 Å². The Bertz CT molecular complexity index is 1920. The van der Waals surface area contributed by atoms with E-state index >= 15 is 0 Å². The van der Waals surface area contributed by atoms with Gasteiger partial charge in [-0.2, -0.15) is 15.1 Å². The molecule has 6 rings (SSSR count). The van der Waals surface area contributed by atoms with E-state index in [1.165, 1.54) is 34.6 Å². The second kappa shape index (κ2) is 10.6. The van der Waals surface area contributed by atoms with Gasteiger partial charge in [0, 0.05) is 17.4 Å². The number of para-hydroxylation sites is 1. The molecule has 12 nitrogen and oxygen atoms in total. The van der Waals surface area contributed by atoms with Crippen LogP contribution < -0.4 is 26.0 Å². The van der Waals surface area contributed by atoms with Crippen LogP contribution in [0.1, 0.15) is 5.56 Å². The monoisotopic (exact) mass is 591 g/mol. The average Bonchev–Trinajstić information content (AvgIpc) is 3.43. The summed E-state index contributed by atoms with van der Waals surface area (Å²) in [6.07, 6.45) is 2.09. The van der Waals surface area contributed by atoms with E-state index in [1.807, 2.05) is 12.1 Å². The molecule has 214 valence electrons. The molecule has 3 aromatic carbocycles. The summed E-state index contributed by atoms with van der Waals surface area (Å²) in [7, 11) is -4.03. The number of carbonyl (C=O) groups excluding carboxylic acids is 1. The highest BCUT2D eigenvalue weighted by molar-refractivity contribution is 7.92. The Morgan fingerprint density at radius 3 is 2.50 bits per heavy atom. The van der Waals surface area contributed by atoms with E-state index in [2.05, 4.69) is 36.1 Å². The highest BCUT2D eigenvalue weighted by atomic mass is 32.2. The first-order valence-electron chi connectivity index (χ1n) is 12.6. The first kappa shape index (κ1) is 26.9. The highest BCUT2D eigenvalue weighted by Crippen LogP contribution is 2.34. The van der Waals surface area contributed by atoms with E-state index in [9.17, 15) is 22.0 Å². The number of amides is 2. The first-order valence-corrected chi connectivity index (χ1v) is 14.1. The van der Waals surface area contributed by atoms with E-state index in [-0.39, 0.29) is 34.8 Å². The molecular weight excluding hydrogens is 568 g/mol. The van der Waals surface area contributed by atoms with Crippen molar-refractivity contribution in [3.63, 3.8) is 0 Å². The fourth-order valence-corrected chi connectivity index (χ4v) is 6.29. The van der Waals surface area contributed by atoms with E-state index in [0.29, 0.717) is 29.0 Å². The number of rotatable bonds is 6. The number of hydrogen-bond acceptors (Lipinski definition) is 8. The van der Waals surface area contributed by atoms with Crippen LogP contribution in [0.15, 0.2) is 77.8 Å². The molecule has 0 fully saturated rings. The van der Waals surface area contributed by atoms with Crippen LogP contribution in [0, 0.1) is 11.6 Å². The van der Waals surface area contributed by atoms with Gasteiger partial charge in [-0.15, -0.1) is 0 Å². The summed E-state index contributed by atoms with van der Waals surface area (Å²) in [5, 5.41) is 15.6. The van der Waals surface area contributed by atoms with E-state index < -0.39 is 27.7 Å². The maximum Gasteiger partial charge on any atom is 0.323 e. The summed E-state index contributed by atoms with van der Waals surface area (Å²) in [6, 6.07) is 14.7. The lowest BCUT2D eigenvalue weighted by Gasteiger charge is -2.35. The summed E-state index contributed by atoms with van der Waals surface area (Å²) in [5.74, 6) is -1.66. The Kier molecular flexibility index (Phi) is 6.78. The number of nitrogens with one attached hydrogen (secondary N) is 4. The lowest BCUT2D eigenvalue weighted by Crippen LogP contribution is -2.45. The Morgan fingerprint density at radius 1 is 0.976 bits per heavy atom. The first-order chi connectivity index (χ1) is 20.2. The van der Waals surface area contributed by atoms with Gasteiger partial charge < -0.3 is 21.7 Å². The molecule has 6 N–H and O–H groups in total. The van der Waals surface area contributed by atoms with Crippen molar-refractivity contribution < 1.29 is 22.0 Å². The Morgan fingerprint density at radius 2 is 1.71 bits per heavy atom. The van der Waals surface area contributed by atoms with Crippen LogP contribution in [-0.2, 0) is 16.4 Å². The smallest absolute Gasteiger partial charge is 0.323 e. The number of nitrogens with zero attached hydrogens (tertiary/aromatic N) is 4. The van der Waals surface area contributed by atoms with Crippen LogP contribution in [0.4, 0.5) is 42.4 Å². The molecule has 2 aromatic heterocycles. The third kappa shape index (κ3) is 5.24. The summed E-state index contributed by atoms with van der Waals surface area (Å²) >= 11 is 0. The van der Waals surface area contributed by atoms with Crippen molar-refractivity contribution in [3.8, 4) is 0 Å². The fraction of sp³-hybridized carbons (Fsp3) is 0.111. The minimum absolute atomic E-state index is 0.00743. The molecule has 0 bridgehead atoms. The van der Waals surface area contributed by atoms with Crippen LogP contribution in [-0.4, -0.2) is 47.2 Å². The normalized spacial score (nSPS) is 14.8. The quantitative estimate of drug-likeness (QED) is 0.197. The largest absolute Gasteiger partial charge is 0.368 e. The van der Waals surface area contributed by atoms with E-state index in [4.69, 9.17) is 5.73 Å². The number of urea groups is 1. The number of aromatic amines is 1. The minimum atomic E-state index is -4.03. The van der Waals surface area contributed by atoms with Gasteiger partial charge in [-0.1, -0.05) is 18.2 Å². The maximum atomic E-state index is 13.9. The number of sulfonamides is 1. The molecule has 0 spiro atoms. The second-order valence-electron chi connectivity index (χ2n) is 9.51. The van der Waals surface area contributed by atoms with Crippen LogP contribution in [0.2, 0.25) is 0 Å². The van der Waals surface area contributed by atoms with Gasteiger partial charge in [0.1, 0.15) is 5.82 Å². The Hall–Kier alpha value is -5.31. The van der Waals surface area contributed by atoms with Gasteiger partial charge in [-0.3, -0.25) is 9.40 Å². The molecule has 3 heterocycles. The third-order valence-electron chi connectivity index (χ3n) is 6.66. The molecule has 1 aliphatic heterocycles. The molecule has 1 aliphatic rings. The zero-order valence-electron chi connectivity index (χ0n) is 21.7. The summed E-state index contributed by atoms with van der Waals surface area (Å²) in [6.45, 7) is 0.0965. The summed E-state index contributed by atoms with van der Waals surface area (Å²) in [4.78, 5) is 20.7. The van der Waals surface area contributed by atoms with Crippen molar-refractivity contribution in [2.45, 2.75) is 17.4 Å². The number of aromatic nitrogens is 4. The van der Waals surface area contributed by atoms with Crippen molar-refractivity contribution in [2.24, 2.45) is 0 Å². The van der Waals surface area contributed by atoms with Gasteiger partial charge in [0.2, 0.25) is 5.95 Å². The lowest BCUT2D eigenvalue weighted by atomic mass is 9.99. The van der Waals surface area contributed by atoms with Crippen LogP contribution in [0.5, 0.6) is 0 Å². The van der Waals surface area contributed by atoms with Crippen molar-refractivity contribution in [1.29, 1.82) is 0 Å². The standard InChI is InChI=1S/C27H23F2N9O3S/c28-21-10-7-17(12-22(21)29)34-27(39)33-16-5-8-19(9-6-16)42(40,41)38-14-18(11-15-3-1-2-4-23(15)38)32-24-20-13-31-37-25(20)36-26(30)35-24/h1-10,12-13,18H,11,14H2,(H2,33,34,39)(H4,30,31,32,35,36,37). The summed E-state index contributed by atoms with van der Waals surface area (Å²) in [5.41, 5.74) is 8.03. The van der Waals surface area contributed by atoms with Crippen molar-refractivity contribution in [1.82, 2.24) is 20.2 Å². The van der Waals surface area contributed by atoms with Gasteiger partial charge >= 0.3 is 6.03 Å². The topological polar surface area (TPSA) is 171 Å². The SMILES string of the molecule is Nc1nc(NC2Cc3ccccc3N(S(=O)(=O)c3ccc(NC(=O)Nc4ccc(F)c(F)c4)cc3)C2)c2cn[nH]c2n1. The minimum Gasteiger partial charge on any atom is -0.368 e. The highest BCUT2D eigenvalue weighted by Gasteiger charge is 2.33. The number of fused-ring (bicyclic) bond motifs is 2. The average molecular weight is 592 g/mol. The number of halogens is 2. The predicted octanol–water partition coefficient (Wildman–Crippen LogP) is 4.09. The number of nitrogen functional groups attached to an aromatic ring is 1. The van der Waals surface area contributed by atoms with E-state index in [1.54, 1.807) is 18.3 Å². The predicted molar refractivity (Wildman–Crippen MR) is 154 cm³/mol. The molecule has 42 heavy (non-hydrogen) atoms. The number of nitrogens with two attached hydrogens (primary N) is 1. The zero-order chi connectivity index (χ0) is 29.4. The van der Waals surface area contributed by atoms with Gasteiger partial charge in [0.15, 0.2) is 17.3 Å². The number of H-pyrrole nitrogens is 1. The number of anilines is 5. The van der Waals surface area contributed by atoms with Crippen LogP contribution in [0.3, 0.4) is 0 Å². The Labute approximate surface area is 238 Å². The van der Waals surface area contributed by atoms with Crippen molar-refractivity contribution in [3.05, 3.63) is 90.1 Å². The third-order valence-corrected chi connectivity index (χ3v) is 8.45. The molecular formula is C27H23F2N9O3S. The number of hydrogen-bond donors (Lipinski definition) is 5. The van der Waals surface area contributed by atoms with Gasteiger partial charge in [-0.25, -0.2) is 22.0 Å². The molecule has 15 heteroatoms. The Balaban J connectivity index is 1.22. The van der Waals surface area contributed by atoms with Crippen molar-refractivity contribution >= 4 is 55.9 Å². The molecule has 5 aromatic rings. The molecule has 1 atom stereocenters. The maximum absolute atomic E-state index is 13.9. The van der Waals surface area contributed by atoms with Crippen LogP contribution in [0.25, 0.3) is 11.0 Å². The molecule has 0 saturated heterocycles. The fourth-order valence-electron chi connectivity index (χ4n) is 4.74. The molecule has 0 saturated carbocycles. The van der Waals surface area contributed by atoms with Gasteiger partial charge in [0.05, 0.1) is 34.8 Å². The molecule has 2 amide bonds. The number of carbonyl (C=O) groups is 1. The van der Waals surface area contributed by atoms with E-state index in [0.717, 1.165) is 17.7 Å². The molecule has 1 unspecified atom stereocenters. The summed E-state index contributed by atoms with van der Waals surface area (Å²) < 4.78 is 55.7. The van der Waals surface area contributed by atoms with Gasteiger partial charge in [-0.05, 0) is 54.4 Å². The lowest BCUT2D eigenvalue weighted by molar-refractivity contribution is 0.262. The zero-order valence-corrected chi connectivity index (χ0v) is 22.5. The molecule has 0 radical (unpaired) electrons. The number of benzene rings is 3. The van der Waals surface area contributed by atoms with Crippen LogP contribution >= 0.6 is 0 Å².